The Hall–Kier alpha value is -3.56. The minimum absolute atomic E-state index is 0.113. The fraction of sp³-hybridized carbons (Fsp3) is 0.346. The quantitative estimate of drug-likeness (QED) is 0.401. The van der Waals surface area contributed by atoms with Crippen LogP contribution in [-0.2, 0) is 24.7 Å². The molecule has 3 heterocycles. The van der Waals surface area contributed by atoms with Gasteiger partial charge in [0.1, 0.15) is 11.6 Å². The second-order valence-electron chi connectivity index (χ2n) is 8.75. The molecule has 9 heteroatoms. The third kappa shape index (κ3) is 3.45. The van der Waals surface area contributed by atoms with E-state index >= 15 is 0 Å². The second-order valence-corrected chi connectivity index (χ2v) is 8.75. The van der Waals surface area contributed by atoms with E-state index in [1.54, 1.807) is 24.3 Å². The van der Waals surface area contributed by atoms with E-state index in [4.69, 9.17) is 4.74 Å². The second kappa shape index (κ2) is 8.90. The van der Waals surface area contributed by atoms with Crippen LogP contribution in [0.5, 0.6) is 0 Å². The number of ketones is 1. The van der Waals surface area contributed by atoms with Crippen LogP contribution in [0.15, 0.2) is 54.1 Å². The van der Waals surface area contributed by atoms with E-state index in [-0.39, 0.29) is 17.7 Å². The highest BCUT2D eigenvalue weighted by atomic mass is 19.1. The van der Waals surface area contributed by atoms with Gasteiger partial charge in [-0.15, -0.1) is 0 Å². The molecule has 2 amide bonds. The predicted molar refractivity (Wildman–Crippen MR) is 126 cm³/mol. The Morgan fingerprint density at radius 1 is 1.03 bits per heavy atom. The van der Waals surface area contributed by atoms with Crippen molar-refractivity contribution in [2.24, 2.45) is 0 Å². The summed E-state index contributed by atoms with van der Waals surface area (Å²) in [5.74, 6) is -3.26. The first-order chi connectivity index (χ1) is 16.9. The molecule has 2 aromatic carbocycles. The SMILES string of the molecule is CCN1C(=O)C2(C(=C(O)c3ccc(F)cc3)C(=O)C(=O)N2CCN2CCOCC2)c2ccccc21. The van der Waals surface area contributed by atoms with Crippen molar-refractivity contribution >= 4 is 29.0 Å². The van der Waals surface area contributed by atoms with E-state index in [1.807, 2.05) is 6.92 Å². The summed E-state index contributed by atoms with van der Waals surface area (Å²) in [6, 6.07) is 12.0. The largest absolute Gasteiger partial charge is 0.507 e. The molecule has 0 bridgehead atoms. The van der Waals surface area contributed by atoms with Crippen LogP contribution in [0.3, 0.4) is 0 Å². The fourth-order valence-electron chi connectivity index (χ4n) is 5.30. The number of morpholine rings is 1. The molecule has 0 saturated carbocycles. The molecule has 1 atom stereocenters. The van der Waals surface area contributed by atoms with Gasteiger partial charge in [-0.05, 0) is 37.3 Å². The molecule has 2 saturated heterocycles. The third-order valence-electron chi connectivity index (χ3n) is 6.99. The lowest BCUT2D eigenvalue weighted by molar-refractivity contribution is -0.144. The van der Waals surface area contributed by atoms with Crippen molar-refractivity contribution in [1.82, 2.24) is 9.80 Å². The van der Waals surface area contributed by atoms with Crippen LogP contribution in [0, 0.1) is 5.82 Å². The first-order valence-electron chi connectivity index (χ1n) is 11.7. The number of carbonyl (C=O) groups is 3. The minimum atomic E-state index is -1.80. The molecule has 1 spiro atoms. The van der Waals surface area contributed by atoms with Crippen LogP contribution in [0.2, 0.25) is 0 Å². The van der Waals surface area contributed by atoms with E-state index < -0.39 is 34.7 Å². The maximum atomic E-state index is 14.1. The first kappa shape index (κ1) is 23.2. The molecule has 1 N–H and O–H groups in total. The number of likely N-dealkylation sites (tertiary alicyclic amines) is 1. The Bertz CT molecular complexity index is 1220. The highest BCUT2D eigenvalue weighted by Gasteiger charge is 2.66. The number of hydrogen-bond acceptors (Lipinski definition) is 6. The number of carbonyl (C=O) groups excluding carboxylic acids is 3. The van der Waals surface area contributed by atoms with Crippen LogP contribution in [0.4, 0.5) is 10.1 Å². The first-order valence-corrected chi connectivity index (χ1v) is 11.7. The van der Waals surface area contributed by atoms with Crippen molar-refractivity contribution < 1.29 is 28.6 Å². The van der Waals surface area contributed by atoms with Gasteiger partial charge >= 0.3 is 0 Å². The van der Waals surface area contributed by atoms with Gasteiger partial charge in [-0.2, -0.15) is 0 Å². The van der Waals surface area contributed by atoms with Crippen molar-refractivity contribution in [1.29, 1.82) is 0 Å². The molecule has 35 heavy (non-hydrogen) atoms. The summed E-state index contributed by atoms with van der Waals surface area (Å²) in [5, 5.41) is 11.3. The van der Waals surface area contributed by atoms with Crippen LogP contribution < -0.4 is 4.90 Å². The Kier molecular flexibility index (Phi) is 5.90. The third-order valence-corrected chi connectivity index (χ3v) is 6.99. The standard InChI is InChI=1S/C26H26FN3O5/c1-2-29-20-6-4-3-5-19(20)26(25(29)34)21(22(31)17-7-9-18(27)10-8-17)23(32)24(33)30(26)12-11-28-13-15-35-16-14-28/h3-10,31H,2,11-16H2,1H3. The summed E-state index contributed by atoms with van der Waals surface area (Å²) in [5.41, 5.74) is -0.882. The van der Waals surface area contributed by atoms with Gasteiger partial charge in [0.15, 0.2) is 5.54 Å². The van der Waals surface area contributed by atoms with Gasteiger partial charge in [0.2, 0.25) is 0 Å². The molecule has 182 valence electrons. The Labute approximate surface area is 202 Å². The molecule has 2 aromatic rings. The van der Waals surface area contributed by atoms with Gasteiger partial charge < -0.3 is 19.6 Å². The van der Waals surface area contributed by atoms with E-state index in [9.17, 15) is 23.9 Å². The zero-order valence-electron chi connectivity index (χ0n) is 19.4. The number of likely N-dealkylation sites (N-methyl/N-ethyl adjacent to an activating group) is 1. The summed E-state index contributed by atoms with van der Waals surface area (Å²) in [6.45, 7) is 5.18. The van der Waals surface area contributed by atoms with Gasteiger partial charge in [0, 0.05) is 43.9 Å². The van der Waals surface area contributed by atoms with Crippen molar-refractivity contribution in [2.75, 3.05) is 50.8 Å². The topological polar surface area (TPSA) is 90.4 Å². The predicted octanol–water partition coefficient (Wildman–Crippen LogP) is 2.10. The lowest BCUT2D eigenvalue weighted by Gasteiger charge is -2.36. The number of rotatable bonds is 5. The summed E-state index contributed by atoms with van der Waals surface area (Å²) in [6.07, 6.45) is 0. The van der Waals surface area contributed by atoms with Gasteiger partial charge in [0.25, 0.3) is 17.6 Å². The highest BCUT2D eigenvalue weighted by molar-refractivity contribution is 6.50. The molecule has 3 aliphatic heterocycles. The Morgan fingerprint density at radius 2 is 1.71 bits per heavy atom. The average Bonchev–Trinajstić information content (AvgIpc) is 3.26. The molecular weight excluding hydrogens is 453 g/mol. The molecule has 0 aromatic heterocycles. The van der Waals surface area contributed by atoms with Crippen LogP contribution in [-0.4, -0.2) is 78.4 Å². The minimum Gasteiger partial charge on any atom is -0.507 e. The van der Waals surface area contributed by atoms with E-state index in [0.29, 0.717) is 50.6 Å². The Balaban J connectivity index is 1.70. The van der Waals surface area contributed by atoms with Crippen molar-refractivity contribution in [3.8, 4) is 0 Å². The summed E-state index contributed by atoms with van der Waals surface area (Å²) in [7, 11) is 0. The maximum Gasteiger partial charge on any atom is 0.296 e. The molecule has 5 rings (SSSR count). The summed E-state index contributed by atoms with van der Waals surface area (Å²) >= 11 is 0. The molecule has 2 fully saturated rings. The van der Waals surface area contributed by atoms with Gasteiger partial charge in [-0.3, -0.25) is 19.3 Å². The molecular formula is C26H26FN3O5. The number of halogens is 1. The average molecular weight is 480 g/mol. The van der Waals surface area contributed by atoms with E-state index in [0.717, 1.165) is 12.1 Å². The monoisotopic (exact) mass is 479 g/mol. The van der Waals surface area contributed by atoms with Gasteiger partial charge in [-0.25, -0.2) is 4.39 Å². The Morgan fingerprint density at radius 3 is 2.40 bits per heavy atom. The van der Waals surface area contributed by atoms with Gasteiger partial charge in [0.05, 0.1) is 24.5 Å². The number of aliphatic hydroxyl groups is 1. The zero-order valence-corrected chi connectivity index (χ0v) is 19.4. The number of amides is 2. The number of ether oxygens (including phenoxy) is 1. The van der Waals surface area contributed by atoms with Crippen molar-refractivity contribution in [2.45, 2.75) is 12.5 Å². The smallest absolute Gasteiger partial charge is 0.296 e. The van der Waals surface area contributed by atoms with Crippen LogP contribution >= 0.6 is 0 Å². The summed E-state index contributed by atoms with van der Waals surface area (Å²) < 4.78 is 19.0. The highest BCUT2D eigenvalue weighted by Crippen LogP contribution is 2.53. The number of benzene rings is 2. The number of aliphatic hydroxyl groups excluding tert-OH is 1. The van der Waals surface area contributed by atoms with Gasteiger partial charge in [-0.1, -0.05) is 18.2 Å². The summed E-state index contributed by atoms with van der Waals surface area (Å²) in [4.78, 5) is 46.0. The fourth-order valence-corrected chi connectivity index (χ4v) is 5.30. The lowest BCUT2D eigenvalue weighted by atomic mass is 9.82. The number of fused-ring (bicyclic) bond motifs is 2. The molecule has 3 aliphatic rings. The van der Waals surface area contributed by atoms with Crippen LogP contribution in [0.25, 0.3) is 5.76 Å². The number of hydrogen-bond donors (Lipinski definition) is 1. The molecule has 1 unspecified atom stereocenters. The zero-order chi connectivity index (χ0) is 24.7. The number of Topliss-reactive ketones (excluding diaryl/α,β-unsaturated/α-hetero) is 1. The number of para-hydroxylation sites is 1. The number of nitrogens with zero attached hydrogens (tertiary/aromatic N) is 3. The van der Waals surface area contributed by atoms with E-state index in [2.05, 4.69) is 4.90 Å². The van der Waals surface area contributed by atoms with Crippen molar-refractivity contribution in [3.63, 3.8) is 0 Å². The van der Waals surface area contributed by atoms with Crippen molar-refractivity contribution in [3.05, 3.63) is 71.0 Å². The van der Waals surface area contributed by atoms with E-state index in [1.165, 1.54) is 21.9 Å². The normalized spacial score (nSPS) is 24.0. The van der Waals surface area contributed by atoms with Crippen LogP contribution in [0.1, 0.15) is 18.1 Å². The maximum absolute atomic E-state index is 14.1. The molecule has 0 aliphatic carbocycles. The molecule has 0 radical (unpaired) electrons. The molecule has 8 nitrogen and oxygen atoms in total. The lowest BCUT2D eigenvalue weighted by Crippen LogP contribution is -2.54. The number of anilines is 1.